The summed E-state index contributed by atoms with van der Waals surface area (Å²) >= 11 is 5.89. The van der Waals surface area contributed by atoms with Gasteiger partial charge in [-0.05, 0) is 30.2 Å². The molecule has 0 aliphatic rings. The van der Waals surface area contributed by atoms with Gasteiger partial charge in [-0.15, -0.1) is 0 Å². The highest BCUT2D eigenvalue weighted by atomic mass is 35.5. The number of carboxylic acids is 1. The highest BCUT2D eigenvalue weighted by Gasteiger charge is 2.18. The molecule has 22 heavy (non-hydrogen) atoms. The molecule has 1 amide bonds. The van der Waals surface area contributed by atoms with Gasteiger partial charge >= 0.3 is 5.97 Å². The predicted molar refractivity (Wildman–Crippen MR) is 85.1 cm³/mol. The number of carbonyl (C=O) groups excluding carboxylic acids is 1. The van der Waals surface area contributed by atoms with E-state index in [9.17, 15) is 9.59 Å². The largest absolute Gasteiger partial charge is 0.480 e. The van der Waals surface area contributed by atoms with Crippen LogP contribution in [0.2, 0.25) is 5.02 Å². The smallest absolute Gasteiger partial charge is 0.323 e. The van der Waals surface area contributed by atoms with Gasteiger partial charge in [0, 0.05) is 17.1 Å². The van der Waals surface area contributed by atoms with E-state index in [1.165, 1.54) is 4.90 Å². The molecule has 114 valence electrons. The zero-order chi connectivity index (χ0) is 15.9. The van der Waals surface area contributed by atoms with Crippen LogP contribution in [0, 0.1) is 0 Å². The Balaban J connectivity index is 2.11. The van der Waals surface area contributed by atoms with E-state index in [4.69, 9.17) is 16.7 Å². The van der Waals surface area contributed by atoms with Gasteiger partial charge < -0.3 is 10.0 Å². The summed E-state index contributed by atoms with van der Waals surface area (Å²) in [5.41, 5.74) is 1.44. The topological polar surface area (TPSA) is 57.6 Å². The van der Waals surface area contributed by atoms with Crippen molar-refractivity contribution in [1.29, 1.82) is 0 Å². The number of hydrogen-bond donors (Lipinski definition) is 1. The van der Waals surface area contributed by atoms with Crippen molar-refractivity contribution < 1.29 is 14.7 Å². The van der Waals surface area contributed by atoms with Gasteiger partial charge in [0.15, 0.2) is 0 Å². The number of benzene rings is 2. The number of halogens is 1. The molecule has 0 aliphatic carbocycles. The number of hydrogen-bond acceptors (Lipinski definition) is 2. The molecular formula is C17H16ClNO3. The van der Waals surface area contributed by atoms with Crippen LogP contribution in [0.15, 0.2) is 54.6 Å². The van der Waals surface area contributed by atoms with Crippen LogP contribution in [0.3, 0.4) is 0 Å². The molecule has 4 nitrogen and oxygen atoms in total. The molecule has 1 N–H and O–H groups in total. The van der Waals surface area contributed by atoms with Gasteiger partial charge in [0.25, 0.3) is 5.91 Å². The monoisotopic (exact) mass is 317 g/mol. The summed E-state index contributed by atoms with van der Waals surface area (Å²) in [5.74, 6) is -1.37. The Morgan fingerprint density at radius 3 is 2.41 bits per heavy atom. The quantitative estimate of drug-likeness (QED) is 0.890. The number of rotatable bonds is 6. The number of aliphatic carboxylic acids is 1. The molecule has 0 fully saturated rings. The lowest BCUT2D eigenvalue weighted by Gasteiger charge is -2.21. The molecule has 0 spiro atoms. The molecule has 0 bridgehead atoms. The van der Waals surface area contributed by atoms with Crippen LogP contribution >= 0.6 is 11.6 Å². The van der Waals surface area contributed by atoms with E-state index >= 15 is 0 Å². The van der Waals surface area contributed by atoms with Gasteiger partial charge in [-0.2, -0.15) is 0 Å². The first kappa shape index (κ1) is 16.0. The normalized spacial score (nSPS) is 10.2. The van der Waals surface area contributed by atoms with Crippen molar-refractivity contribution in [1.82, 2.24) is 4.90 Å². The number of carboxylic acid groups (broad SMARTS) is 1. The third kappa shape index (κ3) is 4.60. The van der Waals surface area contributed by atoms with Crippen molar-refractivity contribution in [2.45, 2.75) is 6.42 Å². The molecular weight excluding hydrogens is 302 g/mol. The summed E-state index contributed by atoms with van der Waals surface area (Å²) in [7, 11) is 0. The van der Waals surface area contributed by atoms with E-state index < -0.39 is 5.97 Å². The average molecular weight is 318 g/mol. The van der Waals surface area contributed by atoms with Crippen LogP contribution in [-0.4, -0.2) is 35.0 Å². The fourth-order valence-corrected chi connectivity index (χ4v) is 2.32. The maximum atomic E-state index is 12.5. The second-order valence-electron chi connectivity index (χ2n) is 4.87. The fourth-order valence-electron chi connectivity index (χ4n) is 2.13. The summed E-state index contributed by atoms with van der Waals surface area (Å²) in [6.45, 7) is -0.000158. The van der Waals surface area contributed by atoms with E-state index in [-0.39, 0.29) is 12.5 Å². The number of nitrogens with zero attached hydrogens (tertiary/aromatic N) is 1. The van der Waals surface area contributed by atoms with Crippen LogP contribution in [-0.2, 0) is 11.2 Å². The molecule has 0 radical (unpaired) electrons. The molecule has 2 rings (SSSR count). The predicted octanol–water partition coefficient (Wildman–Crippen LogP) is 3.11. The van der Waals surface area contributed by atoms with E-state index in [0.29, 0.717) is 23.6 Å². The van der Waals surface area contributed by atoms with Crippen molar-refractivity contribution >= 4 is 23.5 Å². The Morgan fingerprint density at radius 1 is 1.05 bits per heavy atom. The summed E-state index contributed by atoms with van der Waals surface area (Å²) in [6, 6.07) is 16.1. The van der Waals surface area contributed by atoms with Gasteiger partial charge in [-0.3, -0.25) is 9.59 Å². The van der Waals surface area contributed by atoms with Crippen molar-refractivity contribution in [3.8, 4) is 0 Å². The lowest BCUT2D eigenvalue weighted by Crippen LogP contribution is -2.37. The zero-order valence-corrected chi connectivity index (χ0v) is 12.7. The zero-order valence-electron chi connectivity index (χ0n) is 11.9. The Morgan fingerprint density at radius 2 is 1.77 bits per heavy atom. The van der Waals surface area contributed by atoms with Gasteiger partial charge in [-0.25, -0.2) is 0 Å². The minimum atomic E-state index is -1.04. The van der Waals surface area contributed by atoms with Crippen LogP contribution < -0.4 is 0 Å². The minimum Gasteiger partial charge on any atom is -0.480 e. The van der Waals surface area contributed by atoms with Crippen LogP contribution in [0.5, 0.6) is 0 Å². The summed E-state index contributed by atoms with van der Waals surface area (Å²) in [5, 5.41) is 9.46. The van der Waals surface area contributed by atoms with Crippen molar-refractivity contribution in [3.05, 3.63) is 70.7 Å². The Labute approximate surface area is 133 Å². The SMILES string of the molecule is O=C(O)CN(CCc1ccccc1)C(=O)c1cccc(Cl)c1. The third-order valence-electron chi connectivity index (χ3n) is 3.20. The van der Waals surface area contributed by atoms with Gasteiger partial charge in [0.2, 0.25) is 0 Å². The fraction of sp³-hybridized carbons (Fsp3) is 0.176. The first-order valence-corrected chi connectivity index (χ1v) is 7.24. The second kappa shape index (κ2) is 7.61. The maximum Gasteiger partial charge on any atom is 0.323 e. The molecule has 2 aromatic rings. The highest BCUT2D eigenvalue weighted by molar-refractivity contribution is 6.30. The highest BCUT2D eigenvalue weighted by Crippen LogP contribution is 2.13. The molecule has 0 aromatic heterocycles. The molecule has 0 saturated heterocycles. The maximum absolute atomic E-state index is 12.5. The van der Waals surface area contributed by atoms with E-state index in [1.807, 2.05) is 30.3 Å². The molecule has 0 heterocycles. The molecule has 0 atom stereocenters. The lowest BCUT2D eigenvalue weighted by molar-refractivity contribution is -0.137. The third-order valence-corrected chi connectivity index (χ3v) is 3.43. The average Bonchev–Trinajstić information content (AvgIpc) is 2.51. The minimum absolute atomic E-state index is 0.333. The van der Waals surface area contributed by atoms with Gasteiger partial charge in [0.05, 0.1) is 0 Å². The molecule has 0 saturated carbocycles. The second-order valence-corrected chi connectivity index (χ2v) is 5.30. The summed E-state index contributed by atoms with van der Waals surface area (Å²) in [6.07, 6.45) is 0.598. The summed E-state index contributed by atoms with van der Waals surface area (Å²) < 4.78 is 0. The van der Waals surface area contributed by atoms with Crippen LogP contribution in [0.1, 0.15) is 15.9 Å². The Kier molecular flexibility index (Phi) is 5.55. The summed E-state index contributed by atoms with van der Waals surface area (Å²) in [4.78, 5) is 24.8. The van der Waals surface area contributed by atoms with Crippen molar-refractivity contribution in [2.24, 2.45) is 0 Å². The van der Waals surface area contributed by atoms with E-state index in [0.717, 1.165) is 5.56 Å². The first-order valence-electron chi connectivity index (χ1n) is 6.87. The molecule has 0 unspecified atom stereocenters. The molecule has 5 heteroatoms. The standard InChI is InChI=1S/C17H16ClNO3/c18-15-8-4-7-14(11-15)17(22)19(12-16(20)21)10-9-13-5-2-1-3-6-13/h1-8,11H,9-10,12H2,(H,20,21). The van der Waals surface area contributed by atoms with Crippen LogP contribution in [0.4, 0.5) is 0 Å². The Bertz CT molecular complexity index is 658. The van der Waals surface area contributed by atoms with Crippen molar-refractivity contribution in [2.75, 3.05) is 13.1 Å². The van der Waals surface area contributed by atoms with E-state index in [2.05, 4.69) is 0 Å². The number of amides is 1. The lowest BCUT2D eigenvalue weighted by atomic mass is 10.1. The number of carbonyl (C=O) groups is 2. The van der Waals surface area contributed by atoms with Gasteiger partial charge in [-0.1, -0.05) is 48.0 Å². The van der Waals surface area contributed by atoms with Crippen molar-refractivity contribution in [3.63, 3.8) is 0 Å². The first-order chi connectivity index (χ1) is 10.6. The molecule has 2 aromatic carbocycles. The molecule has 0 aliphatic heterocycles. The van der Waals surface area contributed by atoms with Crippen LogP contribution in [0.25, 0.3) is 0 Å². The van der Waals surface area contributed by atoms with E-state index in [1.54, 1.807) is 24.3 Å². The Hall–Kier alpha value is -2.33. The van der Waals surface area contributed by atoms with Gasteiger partial charge in [0.1, 0.15) is 6.54 Å².